The van der Waals surface area contributed by atoms with Gasteiger partial charge in [-0.15, -0.1) is 0 Å². The summed E-state index contributed by atoms with van der Waals surface area (Å²) in [6, 6.07) is 0. The lowest BCUT2D eigenvalue weighted by Crippen LogP contribution is -2.30. The number of rotatable bonds is 16. The van der Waals surface area contributed by atoms with Crippen molar-refractivity contribution in [1.82, 2.24) is 4.90 Å². The molecule has 0 fully saturated rings. The molecule has 2 nitrogen and oxygen atoms in total. The maximum Gasteiger partial charge on any atom is 0.222 e. The molecule has 2 heteroatoms. The Labute approximate surface area is 162 Å². The smallest absolute Gasteiger partial charge is 0.222 e. The van der Waals surface area contributed by atoms with Crippen molar-refractivity contribution < 1.29 is 4.79 Å². The third-order valence-electron chi connectivity index (χ3n) is 4.34. The van der Waals surface area contributed by atoms with E-state index in [9.17, 15) is 4.79 Å². The summed E-state index contributed by atoms with van der Waals surface area (Å²) in [6.45, 7) is 7.95. The third-order valence-corrected chi connectivity index (χ3v) is 4.34. The van der Waals surface area contributed by atoms with Gasteiger partial charge in [0.2, 0.25) is 5.91 Å². The van der Waals surface area contributed by atoms with Crippen molar-refractivity contribution in [3.05, 3.63) is 48.6 Å². The fraction of sp³-hybridized carbons (Fsp3) is 0.625. The minimum atomic E-state index is 0.283. The minimum absolute atomic E-state index is 0.283. The molecule has 0 aliphatic heterocycles. The molecule has 0 saturated carbocycles. The van der Waals surface area contributed by atoms with Gasteiger partial charge in [0.25, 0.3) is 0 Å². The Hall–Kier alpha value is -1.57. The van der Waals surface area contributed by atoms with Crippen LogP contribution in [0.5, 0.6) is 0 Å². The van der Waals surface area contributed by atoms with E-state index in [2.05, 4.69) is 55.5 Å². The Kier molecular flexibility index (Phi) is 18.6. The van der Waals surface area contributed by atoms with E-state index in [4.69, 9.17) is 0 Å². The number of unbranched alkanes of at least 4 members (excludes halogenated alkanes) is 4. The second-order valence-electron chi connectivity index (χ2n) is 6.55. The molecule has 0 aromatic heterocycles. The standard InChI is InChI=1S/C24H41NO/c1-4-7-8-9-10-11-12-13-14-15-16-17-18-19-20-21-22-23-24(26)25(5-2)6-3/h10-11,13-14,16-17,19-20H,4-9,12,15,18,21-23H2,1-3H3. The van der Waals surface area contributed by atoms with Crippen LogP contribution < -0.4 is 0 Å². The van der Waals surface area contributed by atoms with Gasteiger partial charge in [-0.05, 0) is 58.8 Å². The number of nitrogens with zero attached hydrogens (tertiary/aromatic N) is 1. The zero-order valence-corrected chi connectivity index (χ0v) is 17.5. The molecule has 0 bridgehead atoms. The van der Waals surface area contributed by atoms with Gasteiger partial charge in [-0.2, -0.15) is 0 Å². The lowest BCUT2D eigenvalue weighted by Gasteiger charge is -2.18. The van der Waals surface area contributed by atoms with Gasteiger partial charge < -0.3 is 4.90 Å². The monoisotopic (exact) mass is 359 g/mol. The summed E-state index contributed by atoms with van der Waals surface area (Å²) in [7, 11) is 0. The van der Waals surface area contributed by atoms with Gasteiger partial charge in [-0.25, -0.2) is 0 Å². The van der Waals surface area contributed by atoms with Crippen molar-refractivity contribution in [1.29, 1.82) is 0 Å². The average molecular weight is 360 g/mol. The topological polar surface area (TPSA) is 20.3 Å². The number of hydrogen-bond donors (Lipinski definition) is 0. The minimum Gasteiger partial charge on any atom is -0.343 e. The summed E-state index contributed by atoms with van der Waals surface area (Å²) >= 11 is 0. The highest BCUT2D eigenvalue weighted by Gasteiger charge is 2.07. The highest BCUT2D eigenvalue weighted by Crippen LogP contribution is 2.03. The van der Waals surface area contributed by atoms with Crippen LogP contribution in [0.1, 0.15) is 85.0 Å². The molecule has 0 saturated heterocycles. The Morgan fingerprint density at radius 1 is 0.654 bits per heavy atom. The highest BCUT2D eigenvalue weighted by atomic mass is 16.2. The van der Waals surface area contributed by atoms with Gasteiger partial charge in [0.15, 0.2) is 0 Å². The Morgan fingerprint density at radius 2 is 1.12 bits per heavy atom. The van der Waals surface area contributed by atoms with Gasteiger partial charge in [0.1, 0.15) is 0 Å². The highest BCUT2D eigenvalue weighted by molar-refractivity contribution is 5.76. The molecule has 1 amide bonds. The lowest BCUT2D eigenvalue weighted by molar-refractivity contribution is -0.130. The van der Waals surface area contributed by atoms with Crippen LogP contribution in [-0.4, -0.2) is 23.9 Å². The zero-order chi connectivity index (χ0) is 19.3. The van der Waals surface area contributed by atoms with Crippen molar-refractivity contribution >= 4 is 5.91 Å². The molecule has 0 atom stereocenters. The molecule has 0 aliphatic rings. The number of carbonyl (C=O) groups is 1. The molecule has 0 aliphatic carbocycles. The Bertz CT molecular complexity index is 427. The molecule has 0 heterocycles. The summed E-state index contributed by atoms with van der Waals surface area (Å²) < 4.78 is 0. The Morgan fingerprint density at radius 3 is 1.58 bits per heavy atom. The summed E-state index contributed by atoms with van der Waals surface area (Å²) in [6.07, 6.45) is 28.7. The second-order valence-corrected chi connectivity index (χ2v) is 6.55. The predicted molar refractivity (Wildman–Crippen MR) is 116 cm³/mol. The van der Waals surface area contributed by atoms with E-state index in [1.165, 1.54) is 25.7 Å². The molecule has 26 heavy (non-hydrogen) atoms. The SMILES string of the molecule is CCCCCC=CCC=CCC=CCC=CCCCC(=O)N(CC)CC. The molecule has 148 valence electrons. The van der Waals surface area contributed by atoms with E-state index in [1.807, 2.05) is 18.7 Å². The van der Waals surface area contributed by atoms with Crippen LogP contribution >= 0.6 is 0 Å². The van der Waals surface area contributed by atoms with Gasteiger partial charge in [-0.3, -0.25) is 4.79 Å². The molecular weight excluding hydrogens is 318 g/mol. The van der Waals surface area contributed by atoms with Crippen LogP contribution in [-0.2, 0) is 4.79 Å². The van der Waals surface area contributed by atoms with Gasteiger partial charge in [0.05, 0.1) is 0 Å². The van der Waals surface area contributed by atoms with Crippen molar-refractivity contribution in [3.8, 4) is 0 Å². The molecule has 0 aromatic rings. The molecule has 0 unspecified atom stereocenters. The average Bonchev–Trinajstić information content (AvgIpc) is 2.65. The van der Waals surface area contributed by atoms with E-state index in [0.717, 1.165) is 45.2 Å². The van der Waals surface area contributed by atoms with Crippen LogP contribution in [0.4, 0.5) is 0 Å². The van der Waals surface area contributed by atoms with Crippen molar-refractivity contribution in [2.24, 2.45) is 0 Å². The quantitative estimate of drug-likeness (QED) is 0.214. The zero-order valence-electron chi connectivity index (χ0n) is 17.5. The summed E-state index contributed by atoms with van der Waals surface area (Å²) in [4.78, 5) is 13.8. The molecule has 0 spiro atoms. The first-order valence-electron chi connectivity index (χ1n) is 10.6. The number of carbonyl (C=O) groups excluding carboxylic acids is 1. The maximum absolute atomic E-state index is 11.8. The normalized spacial score (nSPS) is 12.3. The van der Waals surface area contributed by atoms with Crippen molar-refractivity contribution in [2.45, 2.75) is 85.0 Å². The maximum atomic E-state index is 11.8. The molecule has 0 N–H and O–H groups in total. The van der Waals surface area contributed by atoms with E-state index in [1.54, 1.807) is 0 Å². The van der Waals surface area contributed by atoms with Crippen LogP contribution in [0.15, 0.2) is 48.6 Å². The Balaban J connectivity index is 3.56. The summed E-state index contributed by atoms with van der Waals surface area (Å²) in [5.41, 5.74) is 0. The molecular formula is C24H41NO. The first-order chi connectivity index (χ1) is 12.8. The number of amides is 1. The van der Waals surface area contributed by atoms with E-state index >= 15 is 0 Å². The van der Waals surface area contributed by atoms with Crippen LogP contribution in [0, 0.1) is 0 Å². The van der Waals surface area contributed by atoms with E-state index < -0.39 is 0 Å². The van der Waals surface area contributed by atoms with Crippen LogP contribution in [0.25, 0.3) is 0 Å². The summed E-state index contributed by atoms with van der Waals surface area (Å²) in [5, 5.41) is 0. The lowest BCUT2D eigenvalue weighted by atomic mass is 10.2. The van der Waals surface area contributed by atoms with Gasteiger partial charge >= 0.3 is 0 Å². The summed E-state index contributed by atoms with van der Waals surface area (Å²) in [5.74, 6) is 0.283. The number of hydrogen-bond acceptors (Lipinski definition) is 1. The van der Waals surface area contributed by atoms with Crippen LogP contribution in [0.3, 0.4) is 0 Å². The largest absolute Gasteiger partial charge is 0.343 e. The number of allylic oxidation sites excluding steroid dienone is 8. The van der Waals surface area contributed by atoms with E-state index in [-0.39, 0.29) is 5.91 Å². The van der Waals surface area contributed by atoms with Crippen LogP contribution in [0.2, 0.25) is 0 Å². The molecule has 0 aromatic carbocycles. The van der Waals surface area contributed by atoms with Crippen molar-refractivity contribution in [2.75, 3.05) is 13.1 Å². The van der Waals surface area contributed by atoms with Gasteiger partial charge in [-0.1, -0.05) is 68.4 Å². The van der Waals surface area contributed by atoms with E-state index in [0.29, 0.717) is 6.42 Å². The second kappa shape index (κ2) is 19.8. The predicted octanol–water partition coefficient (Wildman–Crippen LogP) is 7.00. The first kappa shape index (κ1) is 24.4. The molecule has 0 radical (unpaired) electrons. The first-order valence-corrected chi connectivity index (χ1v) is 10.6. The van der Waals surface area contributed by atoms with Crippen molar-refractivity contribution in [3.63, 3.8) is 0 Å². The van der Waals surface area contributed by atoms with Gasteiger partial charge in [0, 0.05) is 19.5 Å². The third kappa shape index (κ3) is 15.9. The fourth-order valence-electron chi connectivity index (χ4n) is 2.67. The fourth-order valence-corrected chi connectivity index (χ4v) is 2.67. The molecule has 0 rings (SSSR count).